The van der Waals surface area contributed by atoms with Gasteiger partial charge in [0.05, 0.1) is 17.4 Å². The number of aliphatic hydroxyl groups is 1. The Morgan fingerprint density at radius 2 is 2.00 bits per heavy atom. The molecule has 4 aromatic rings. The first kappa shape index (κ1) is 18.8. The number of anilines is 2. The molecule has 0 spiro atoms. The molecule has 1 aliphatic rings. The van der Waals surface area contributed by atoms with E-state index in [4.69, 9.17) is 4.98 Å². The van der Waals surface area contributed by atoms with Crippen molar-refractivity contribution in [3.05, 3.63) is 65.9 Å². The van der Waals surface area contributed by atoms with Gasteiger partial charge in [-0.1, -0.05) is 12.5 Å². The first-order chi connectivity index (χ1) is 14.6. The third-order valence-corrected chi connectivity index (χ3v) is 5.99. The van der Waals surface area contributed by atoms with Gasteiger partial charge in [-0.2, -0.15) is 0 Å². The predicted octanol–water partition coefficient (Wildman–Crippen LogP) is 4.15. The third kappa shape index (κ3) is 3.45. The van der Waals surface area contributed by atoms with Crippen molar-refractivity contribution in [2.24, 2.45) is 5.92 Å². The van der Waals surface area contributed by atoms with Crippen LogP contribution >= 0.6 is 0 Å². The molecule has 0 radical (unpaired) electrons. The number of nitrogens with one attached hydrogen (secondary N) is 1. The zero-order valence-electron chi connectivity index (χ0n) is 17.3. The van der Waals surface area contributed by atoms with E-state index >= 15 is 0 Å². The number of imidazole rings is 1. The number of benzene rings is 1. The number of fused-ring (bicyclic) bond motifs is 1. The minimum Gasteiger partial charge on any atom is -0.396 e. The Balaban J connectivity index is 1.47. The molecular formula is C23H26N6O. The second-order valence-corrected chi connectivity index (χ2v) is 8.28. The molecule has 154 valence electrons. The molecule has 2 atom stereocenters. The van der Waals surface area contributed by atoms with Crippen LogP contribution in [0.25, 0.3) is 11.2 Å². The van der Waals surface area contributed by atoms with Crippen LogP contribution in [0.15, 0.2) is 49.1 Å². The Morgan fingerprint density at radius 1 is 1.17 bits per heavy atom. The molecule has 1 saturated carbocycles. The number of aryl methyl sites for hydroxylation is 2. The van der Waals surface area contributed by atoms with Crippen LogP contribution < -0.4 is 5.32 Å². The van der Waals surface area contributed by atoms with Gasteiger partial charge in [-0.05, 0) is 68.0 Å². The SMILES string of the molecule is Cc1cc(C)cc(-n2cnc(Nc3nc(C4CCC[C@H]4CO)c4cccn4n3)c2)c1. The summed E-state index contributed by atoms with van der Waals surface area (Å²) in [5.74, 6) is 1.72. The summed E-state index contributed by atoms with van der Waals surface area (Å²) in [6.45, 7) is 4.39. The maximum absolute atomic E-state index is 9.80. The quantitative estimate of drug-likeness (QED) is 0.524. The molecule has 1 fully saturated rings. The standard InChI is InChI=1S/C23H26N6O/c1-15-9-16(2)11-18(10-15)28-12-21(24-14-28)25-23-26-22(19-6-3-5-17(19)13-30)20-7-4-8-29(20)27-23/h4,7-12,14,17,19,30H,3,5-6,13H2,1-2H3,(H,25,27)/t17-,19?/m0/s1. The van der Waals surface area contributed by atoms with Crippen LogP contribution in [-0.4, -0.2) is 35.9 Å². The fraction of sp³-hybridized carbons (Fsp3) is 0.348. The highest BCUT2D eigenvalue weighted by atomic mass is 16.3. The number of hydrogen-bond acceptors (Lipinski definition) is 5. The molecule has 1 aliphatic carbocycles. The molecule has 1 aromatic carbocycles. The number of nitrogens with zero attached hydrogens (tertiary/aromatic N) is 5. The number of aliphatic hydroxyl groups excluding tert-OH is 1. The lowest BCUT2D eigenvalue weighted by Crippen LogP contribution is -2.15. The molecule has 0 amide bonds. The van der Waals surface area contributed by atoms with E-state index in [1.165, 1.54) is 11.1 Å². The molecule has 5 rings (SSSR count). The van der Waals surface area contributed by atoms with Crippen LogP contribution in [0.5, 0.6) is 0 Å². The Bertz CT molecular complexity index is 1170. The lowest BCUT2D eigenvalue weighted by Gasteiger charge is -2.18. The van der Waals surface area contributed by atoms with Gasteiger partial charge in [-0.3, -0.25) is 0 Å². The lowest BCUT2D eigenvalue weighted by atomic mass is 9.93. The van der Waals surface area contributed by atoms with Crippen LogP contribution in [0.3, 0.4) is 0 Å². The van der Waals surface area contributed by atoms with E-state index in [0.717, 1.165) is 36.2 Å². The molecule has 7 nitrogen and oxygen atoms in total. The highest BCUT2D eigenvalue weighted by Gasteiger charge is 2.31. The van der Waals surface area contributed by atoms with Crippen molar-refractivity contribution in [2.75, 3.05) is 11.9 Å². The summed E-state index contributed by atoms with van der Waals surface area (Å²) < 4.78 is 3.86. The van der Waals surface area contributed by atoms with Crippen molar-refractivity contribution in [3.8, 4) is 5.69 Å². The summed E-state index contributed by atoms with van der Waals surface area (Å²) in [4.78, 5) is 9.35. The van der Waals surface area contributed by atoms with E-state index in [1.807, 2.05) is 33.6 Å². The molecule has 0 saturated heterocycles. The Kier molecular flexibility index (Phi) is 4.75. The molecule has 3 heterocycles. The maximum atomic E-state index is 9.80. The van der Waals surface area contributed by atoms with Gasteiger partial charge in [-0.15, -0.1) is 5.10 Å². The number of aromatic nitrogens is 5. The van der Waals surface area contributed by atoms with Gasteiger partial charge in [-0.25, -0.2) is 14.5 Å². The molecule has 1 unspecified atom stereocenters. The van der Waals surface area contributed by atoms with Crippen molar-refractivity contribution < 1.29 is 5.11 Å². The molecule has 3 aromatic heterocycles. The summed E-state index contributed by atoms with van der Waals surface area (Å²) in [7, 11) is 0. The second kappa shape index (κ2) is 7.57. The van der Waals surface area contributed by atoms with Gasteiger partial charge in [0.15, 0.2) is 5.82 Å². The average molecular weight is 403 g/mol. The largest absolute Gasteiger partial charge is 0.396 e. The molecule has 0 aliphatic heterocycles. The van der Waals surface area contributed by atoms with Gasteiger partial charge < -0.3 is 15.0 Å². The van der Waals surface area contributed by atoms with Crippen LogP contribution in [-0.2, 0) is 0 Å². The number of rotatable bonds is 5. The van der Waals surface area contributed by atoms with E-state index in [2.05, 4.69) is 47.4 Å². The predicted molar refractivity (Wildman–Crippen MR) is 116 cm³/mol. The van der Waals surface area contributed by atoms with Crippen molar-refractivity contribution in [1.29, 1.82) is 0 Å². The monoisotopic (exact) mass is 402 g/mol. The van der Waals surface area contributed by atoms with Crippen molar-refractivity contribution in [2.45, 2.75) is 39.0 Å². The highest BCUT2D eigenvalue weighted by Crippen LogP contribution is 2.40. The highest BCUT2D eigenvalue weighted by molar-refractivity contribution is 5.57. The van der Waals surface area contributed by atoms with E-state index < -0.39 is 0 Å². The summed E-state index contributed by atoms with van der Waals surface area (Å²) in [6.07, 6.45) is 8.89. The van der Waals surface area contributed by atoms with Gasteiger partial charge >= 0.3 is 0 Å². The summed E-state index contributed by atoms with van der Waals surface area (Å²) in [5, 5.41) is 17.7. The first-order valence-electron chi connectivity index (χ1n) is 10.5. The summed E-state index contributed by atoms with van der Waals surface area (Å²) >= 11 is 0. The fourth-order valence-electron chi connectivity index (χ4n) is 4.64. The zero-order chi connectivity index (χ0) is 20.7. The molecule has 30 heavy (non-hydrogen) atoms. The van der Waals surface area contributed by atoms with Crippen molar-refractivity contribution in [3.63, 3.8) is 0 Å². The van der Waals surface area contributed by atoms with E-state index in [-0.39, 0.29) is 18.4 Å². The summed E-state index contributed by atoms with van der Waals surface area (Å²) in [5.41, 5.74) is 5.52. The Labute approximate surface area is 175 Å². The average Bonchev–Trinajstić information content (AvgIpc) is 3.47. The van der Waals surface area contributed by atoms with E-state index in [9.17, 15) is 5.11 Å². The smallest absolute Gasteiger partial charge is 0.246 e. The Morgan fingerprint density at radius 3 is 2.80 bits per heavy atom. The number of hydrogen-bond donors (Lipinski definition) is 2. The Hall–Kier alpha value is -3.19. The topological polar surface area (TPSA) is 80.3 Å². The zero-order valence-corrected chi connectivity index (χ0v) is 17.3. The van der Waals surface area contributed by atoms with E-state index in [1.54, 1.807) is 6.33 Å². The van der Waals surface area contributed by atoms with Crippen molar-refractivity contribution >= 4 is 17.3 Å². The van der Waals surface area contributed by atoms with E-state index in [0.29, 0.717) is 11.8 Å². The molecular weight excluding hydrogens is 376 g/mol. The van der Waals surface area contributed by atoms with Crippen LogP contribution in [0.2, 0.25) is 0 Å². The van der Waals surface area contributed by atoms with Gasteiger partial charge in [0.1, 0.15) is 6.33 Å². The fourth-order valence-corrected chi connectivity index (χ4v) is 4.64. The van der Waals surface area contributed by atoms with Gasteiger partial charge in [0, 0.05) is 24.4 Å². The normalized spacial score (nSPS) is 18.9. The van der Waals surface area contributed by atoms with Gasteiger partial charge in [0.25, 0.3) is 0 Å². The lowest BCUT2D eigenvalue weighted by molar-refractivity contribution is 0.216. The van der Waals surface area contributed by atoms with Crippen molar-refractivity contribution in [1.82, 2.24) is 24.1 Å². The molecule has 0 bridgehead atoms. The minimum atomic E-state index is 0.199. The second-order valence-electron chi connectivity index (χ2n) is 8.28. The van der Waals surface area contributed by atoms with Crippen LogP contribution in [0.1, 0.15) is 42.0 Å². The van der Waals surface area contributed by atoms with Crippen LogP contribution in [0, 0.1) is 19.8 Å². The third-order valence-electron chi connectivity index (χ3n) is 5.99. The molecule has 7 heteroatoms. The maximum Gasteiger partial charge on any atom is 0.246 e. The van der Waals surface area contributed by atoms with Crippen LogP contribution in [0.4, 0.5) is 11.8 Å². The summed E-state index contributed by atoms with van der Waals surface area (Å²) in [6, 6.07) is 10.4. The first-order valence-corrected chi connectivity index (χ1v) is 10.5. The van der Waals surface area contributed by atoms with Gasteiger partial charge in [0.2, 0.25) is 5.95 Å². The minimum absolute atomic E-state index is 0.199. The molecule has 2 N–H and O–H groups in total.